The Hall–Kier alpha value is -3.80. The first-order valence-corrected chi connectivity index (χ1v) is 8.93. The van der Waals surface area contributed by atoms with Gasteiger partial charge in [0.25, 0.3) is 5.91 Å². The van der Waals surface area contributed by atoms with Crippen LogP contribution in [0.15, 0.2) is 66.9 Å². The van der Waals surface area contributed by atoms with Crippen molar-refractivity contribution in [1.29, 1.82) is 0 Å². The molecule has 2 aromatic carbocycles. The van der Waals surface area contributed by atoms with E-state index >= 15 is 0 Å². The summed E-state index contributed by atoms with van der Waals surface area (Å²) in [5.41, 5.74) is 4.34. The van der Waals surface area contributed by atoms with Crippen molar-refractivity contribution < 1.29 is 4.79 Å². The van der Waals surface area contributed by atoms with Gasteiger partial charge in [0.05, 0.1) is 11.2 Å². The first-order valence-electron chi connectivity index (χ1n) is 8.93. The number of aryl methyl sites for hydroxylation is 2. The molecule has 138 valence electrons. The summed E-state index contributed by atoms with van der Waals surface area (Å²) in [6.45, 7) is 3.83. The molecule has 0 fully saturated rings. The van der Waals surface area contributed by atoms with Gasteiger partial charge in [-0.15, -0.1) is 0 Å². The summed E-state index contributed by atoms with van der Waals surface area (Å²) in [6.07, 6.45) is 1.71. The Labute approximate surface area is 162 Å². The van der Waals surface area contributed by atoms with Crippen LogP contribution in [0.3, 0.4) is 0 Å². The van der Waals surface area contributed by atoms with E-state index in [2.05, 4.69) is 25.6 Å². The topological polar surface area (TPSA) is 79.8 Å². The highest BCUT2D eigenvalue weighted by molar-refractivity contribution is 6.07. The molecule has 0 aliphatic carbocycles. The molecule has 0 atom stereocenters. The van der Waals surface area contributed by atoms with Gasteiger partial charge in [0.2, 0.25) is 5.95 Å². The van der Waals surface area contributed by atoms with Crippen LogP contribution in [0, 0.1) is 13.8 Å². The number of nitrogens with zero attached hydrogens (tertiary/aromatic N) is 3. The van der Waals surface area contributed by atoms with E-state index in [1.54, 1.807) is 12.3 Å². The highest BCUT2D eigenvalue weighted by atomic mass is 16.1. The number of aromatic nitrogens is 3. The molecule has 2 heterocycles. The van der Waals surface area contributed by atoms with Crippen molar-refractivity contribution in [2.75, 3.05) is 10.6 Å². The Kier molecular flexibility index (Phi) is 4.68. The average molecular weight is 369 g/mol. The average Bonchev–Trinajstić information content (AvgIpc) is 2.69. The molecule has 4 rings (SSSR count). The van der Waals surface area contributed by atoms with Gasteiger partial charge < -0.3 is 10.6 Å². The maximum Gasteiger partial charge on any atom is 0.274 e. The fourth-order valence-corrected chi connectivity index (χ4v) is 2.97. The number of carbonyl (C=O) groups excluding carboxylic acids is 1. The van der Waals surface area contributed by atoms with Gasteiger partial charge in [0.15, 0.2) is 0 Å². The minimum atomic E-state index is -0.309. The number of anilines is 3. The number of rotatable bonds is 4. The van der Waals surface area contributed by atoms with Crippen LogP contribution in [-0.4, -0.2) is 20.9 Å². The molecule has 2 aromatic heterocycles. The molecule has 0 bridgehead atoms. The Morgan fingerprint density at radius 1 is 0.893 bits per heavy atom. The Balaban J connectivity index is 1.62. The number of para-hydroxylation sites is 2. The van der Waals surface area contributed by atoms with Crippen LogP contribution in [-0.2, 0) is 0 Å². The quantitative estimate of drug-likeness (QED) is 0.548. The molecule has 6 heteroatoms. The summed E-state index contributed by atoms with van der Waals surface area (Å²) in [5.74, 6) is 0.0759. The molecule has 4 aromatic rings. The van der Waals surface area contributed by atoms with Crippen LogP contribution in [0.4, 0.5) is 17.3 Å². The predicted molar refractivity (Wildman–Crippen MR) is 111 cm³/mol. The number of carbonyl (C=O) groups is 1. The van der Waals surface area contributed by atoms with E-state index in [9.17, 15) is 4.79 Å². The van der Waals surface area contributed by atoms with E-state index in [0.717, 1.165) is 22.2 Å². The Bertz CT molecular complexity index is 1170. The van der Waals surface area contributed by atoms with Crippen molar-refractivity contribution in [2.24, 2.45) is 0 Å². The first kappa shape index (κ1) is 17.6. The van der Waals surface area contributed by atoms with Gasteiger partial charge in [0.1, 0.15) is 5.69 Å². The van der Waals surface area contributed by atoms with Gasteiger partial charge in [0, 0.05) is 23.0 Å². The third kappa shape index (κ3) is 3.66. The third-order valence-corrected chi connectivity index (χ3v) is 4.36. The van der Waals surface area contributed by atoms with Crippen LogP contribution in [0.5, 0.6) is 0 Å². The molecule has 0 saturated heterocycles. The van der Waals surface area contributed by atoms with E-state index in [0.29, 0.717) is 17.3 Å². The number of benzene rings is 2. The fourth-order valence-electron chi connectivity index (χ4n) is 2.97. The van der Waals surface area contributed by atoms with Gasteiger partial charge in [-0.1, -0.05) is 36.4 Å². The van der Waals surface area contributed by atoms with Gasteiger partial charge in [-0.25, -0.2) is 9.97 Å². The van der Waals surface area contributed by atoms with Gasteiger partial charge in [-0.3, -0.25) is 9.78 Å². The largest absolute Gasteiger partial charge is 0.324 e. The number of fused-ring (bicyclic) bond motifs is 1. The van der Waals surface area contributed by atoms with Crippen LogP contribution in [0.2, 0.25) is 0 Å². The second-order valence-electron chi connectivity index (χ2n) is 6.49. The summed E-state index contributed by atoms with van der Waals surface area (Å²) in [5, 5.41) is 7.06. The zero-order valence-electron chi connectivity index (χ0n) is 15.6. The minimum Gasteiger partial charge on any atom is -0.324 e. The zero-order chi connectivity index (χ0) is 19.5. The zero-order valence-corrected chi connectivity index (χ0v) is 15.6. The van der Waals surface area contributed by atoms with E-state index < -0.39 is 0 Å². The summed E-state index contributed by atoms with van der Waals surface area (Å²) in [6, 6.07) is 19.0. The van der Waals surface area contributed by atoms with Crippen LogP contribution in [0.25, 0.3) is 10.9 Å². The van der Waals surface area contributed by atoms with Crippen LogP contribution >= 0.6 is 0 Å². The van der Waals surface area contributed by atoms with E-state index in [1.807, 2.05) is 68.4 Å². The van der Waals surface area contributed by atoms with Crippen molar-refractivity contribution >= 4 is 34.1 Å². The Morgan fingerprint density at radius 3 is 2.54 bits per heavy atom. The lowest BCUT2D eigenvalue weighted by atomic mass is 10.2. The fraction of sp³-hybridized carbons (Fsp3) is 0.0909. The monoisotopic (exact) mass is 369 g/mol. The van der Waals surface area contributed by atoms with Gasteiger partial charge in [-0.05, 0) is 43.7 Å². The normalized spacial score (nSPS) is 10.6. The highest BCUT2D eigenvalue weighted by Gasteiger charge is 2.13. The molecule has 0 spiro atoms. The van der Waals surface area contributed by atoms with E-state index in [-0.39, 0.29) is 11.6 Å². The molecular weight excluding hydrogens is 350 g/mol. The number of hydrogen-bond acceptors (Lipinski definition) is 5. The van der Waals surface area contributed by atoms with Crippen LogP contribution in [0.1, 0.15) is 21.7 Å². The molecular formula is C22H19N5O. The molecule has 28 heavy (non-hydrogen) atoms. The maximum absolute atomic E-state index is 12.8. The molecule has 2 N–H and O–H groups in total. The van der Waals surface area contributed by atoms with Crippen molar-refractivity contribution in [3.8, 4) is 0 Å². The number of nitrogens with one attached hydrogen (secondary N) is 2. The SMILES string of the molecule is Cc1cc(C(=O)Nc2cccc3cccnc23)nc(Nc2ccccc2C)n1. The molecule has 0 saturated carbocycles. The van der Waals surface area contributed by atoms with Crippen LogP contribution < -0.4 is 10.6 Å². The first-order chi connectivity index (χ1) is 13.6. The standard InChI is InChI=1S/C22H19N5O/c1-14-7-3-4-10-17(14)26-22-24-15(2)13-19(27-22)21(28)25-18-11-5-8-16-9-6-12-23-20(16)18/h3-13H,1-2H3,(H,25,28)(H,24,26,27). The lowest BCUT2D eigenvalue weighted by Gasteiger charge is -2.11. The molecule has 0 unspecified atom stereocenters. The molecule has 0 aliphatic heterocycles. The highest BCUT2D eigenvalue weighted by Crippen LogP contribution is 2.22. The van der Waals surface area contributed by atoms with Crippen molar-refractivity contribution in [1.82, 2.24) is 15.0 Å². The maximum atomic E-state index is 12.8. The predicted octanol–water partition coefficient (Wildman–Crippen LogP) is 4.64. The lowest BCUT2D eigenvalue weighted by Crippen LogP contribution is -2.16. The second-order valence-corrected chi connectivity index (χ2v) is 6.49. The number of amides is 1. The summed E-state index contributed by atoms with van der Waals surface area (Å²) >= 11 is 0. The third-order valence-electron chi connectivity index (χ3n) is 4.36. The lowest BCUT2D eigenvalue weighted by molar-refractivity contribution is 0.102. The number of pyridine rings is 1. The molecule has 1 amide bonds. The summed E-state index contributed by atoms with van der Waals surface area (Å²) in [4.78, 5) is 26.0. The summed E-state index contributed by atoms with van der Waals surface area (Å²) in [7, 11) is 0. The van der Waals surface area contributed by atoms with E-state index in [4.69, 9.17) is 0 Å². The van der Waals surface area contributed by atoms with Crippen molar-refractivity contribution in [3.05, 3.63) is 83.8 Å². The second kappa shape index (κ2) is 7.44. The molecule has 0 radical (unpaired) electrons. The Morgan fingerprint density at radius 2 is 1.68 bits per heavy atom. The van der Waals surface area contributed by atoms with Gasteiger partial charge >= 0.3 is 0 Å². The molecule has 0 aliphatic rings. The number of hydrogen-bond donors (Lipinski definition) is 2. The van der Waals surface area contributed by atoms with E-state index in [1.165, 1.54) is 0 Å². The summed E-state index contributed by atoms with van der Waals surface area (Å²) < 4.78 is 0. The van der Waals surface area contributed by atoms with Crippen molar-refractivity contribution in [3.63, 3.8) is 0 Å². The van der Waals surface area contributed by atoms with Crippen molar-refractivity contribution in [2.45, 2.75) is 13.8 Å². The smallest absolute Gasteiger partial charge is 0.274 e. The molecule has 6 nitrogen and oxygen atoms in total. The van der Waals surface area contributed by atoms with Gasteiger partial charge in [-0.2, -0.15) is 0 Å². The minimum absolute atomic E-state index is 0.288.